The minimum Gasteiger partial charge on any atom is -0.307 e. The summed E-state index contributed by atoms with van der Waals surface area (Å²) in [7, 11) is -3.01. The van der Waals surface area contributed by atoms with Crippen LogP contribution in [0.3, 0.4) is 0 Å². The molecule has 0 aliphatic heterocycles. The van der Waals surface area contributed by atoms with Crippen LogP contribution in [0.5, 0.6) is 0 Å². The monoisotopic (exact) mass is 627 g/mol. The van der Waals surface area contributed by atoms with Crippen LogP contribution in [-0.4, -0.2) is 12.6 Å². The third-order valence-corrected chi connectivity index (χ3v) is 14.3. The molecule has 8 rings (SSSR count). The number of fused-ring (bicyclic) bond motifs is 3. The van der Waals surface area contributed by atoms with Crippen molar-refractivity contribution in [1.29, 1.82) is 10.5 Å². The summed E-state index contributed by atoms with van der Waals surface area (Å²) in [5.41, 5.74) is 5.86. The van der Waals surface area contributed by atoms with Gasteiger partial charge in [0.2, 0.25) is 0 Å². The molecule has 0 saturated carbocycles. The van der Waals surface area contributed by atoms with E-state index in [-0.39, 0.29) is 0 Å². The summed E-state index contributed by atoms with van der Waals surface area (Å²) < 4.78 is 2.23. The van der Waals surface area contributed by atoms with E-state index in [0.717, 1.165) is 43.8 Å². The Labute approximate surface area is 280 Å². The summed E-state index contributed by atoms with van der Waals surface area (Å²) in [6.45, 7) is 0. The molecule has 7 aromatic carbocycles. The van der Waals surface area contributed by atoms with Crippen LogP contribution in [-0.2, 0) is 0 Å². The zero-order valence-corrected chi connectivity index (χ0v) is 27.1. The maximum absolute atomic E-state index is 10.7. The Kier molecular flexibility index (Phi) is 7.27. The van der Waals surface area contributed by atoms with Crippen LogP contribution in [0, 0.1) is 22.7 Å². The lowest BCUT2D eigenvalue weighted by molar-refractivity contribution is 1.17. The Morgan fingerprint density at radius 3 is 1.44 bits per heavy atom. The number of para-hydroxylation sites is 3. The van der Waals surface area contributed by atoms with Gasteiger partial charge in [0.25, 0.3) is 0 Å². The standard InChI is InChI=1S/C44H29N3Si/c45-30-32-27-28-43(48(34-16-4-1-5-17-34,35-18-6-2-7-19-35)36-20-8-3-9-21-36)40(29-32)39-24-14-15-33(31-46)44(39)47-41-25-12-10-22-37(41)38-23-11-13-26-42(38)47/h1-29H/q-1. The van der Waals surface area contributed by atoms with Gasteiger partial charge in [0.05, 0.1) is 33.9 Å². The molecule has 0 saturated heterocycles. The van der Waals surface area contributed by atoms with Gasteiger partial charge in [0, 0.05) is 16.3 Å². The summed E-state index contributed by atoms with van der Waals surface area (Å²) in [5.74, 6) is 0. The molecule has 3 nitrogen and oxygen atoms in total. The average molecular weight is 628 g/mol. The molecular weight excluding hydrogens is 599 g/mol. The molecular formula is C44H29N3Si-. The van der Waals surface area contributed by atoms with Crippen LogP contribution >= 0.6 is 0 Å². The van der Waals surface area contributed by atoms with Crippen molar-refractivity contribution in [3.63, 3.8) is 0 Å². The van der Waals surface area contributed by atoms with Crippen LogP contribution in [0.2, 0.25) is 0 Å². The molecule has 0 spiro atoms. The van der Waals surface area contributed by atoms with Gasteiger partial charge in [-0.2, -0.15) is 31.3 Å². The quantitative estimate of drug-likeness (QED) is 0.141. The highest BCUT2D eigenvalue weighted by Crippen LogP contribution is 2.38. The second-order valence-electron chi connectivity index (χ2n) is 11.9. The zero-order chi connectivity index (χ0) is 32.5. The van der Waals surface area contributed by atoms with Gasteiger partial charge in [-0.3, -0.25) is 0 Å². The lowest BCUT2D eigenvalue weighted by Gasteiger charge is -2.48. The van der Waals surface area contributed by atoms with Gasteiger partial charge in [0.1, 0.15) is 6.07 Å². The van der Waals surface area contributed by atoms with Crippen molar-refractivity contribution in [2.45, 2.75) is 0 Å². The predicted octanol–water partition coefficient (Wildman–Crippen LogP) is 7.57. The second-order valence-corrected chi connectivity index (χ2v) is 15.7. The minimum absolute atomic E-state index is 0.568. The molecule has 4 heteroatoms. The van der Waals surface area contributed by atoms with Crippen LogP contribution in [0.1, 0.15) is 11.1 Å². The van der Waals surface area contributed by atoms with Crippen molar-refractivity contribution in [3.8, 4) is 29.0 Å². The average Bonchev–Trinajstić information content (AvgIpc) is 3.50. The Morgan fingerprint density at radius 2 is 0.938 bits per heavy atom. The summed E-state index contributed by atoms with van der Waals surface area (Å²) in [4.78, 5) is 0. The highest BCUT2D eigenvalue weighted by atomic mass is 28.3. The molecule has 8 aromatic rings. The van der Waals surface area contributed by atoms with E-state index >= 15 is 0 Å². The van der Waals surface area contributed by atoms with E-state index in [4.69, 9.17) is 0 Å². The van der Waals surface area contributed by atoms with Crippen LogP contribution < -0.4 is 20.7 Å². The first-order valence-electron chi connectivity index (χ1n) is 16.0. The van der Waals surface area contributed by atoms with E-state index in [2.05, 4.69) is 156 Å². The number of benzene rings is 7. The first-order chi connectivity index (χ1) is 23.8. The summed E-state index contributed by atoms with van der Waals surface area (Å²) >= 11 is 0. The van der Waals surface area contributed by atoms with E-state index in [1.165, 1.54) is 15.6 Å². The van der Waals surface area contributed by atoms with Gasteiger partial charge in [-0.25, -0.2) is 0 Å². The van der Waals surface area contributed by atoms with Crippen molar-refractivity contribution in [2.24, 2.45) is 0 Å². The van der Waals surface area contributed by atoms with Crippen molar-refractivity contribution < 1.29 is 0 Å². The smallest absolute Gasteiger partial charge is 0.101 e. The molecule has 1 heterocycles. The van der Waals surface area contributed by atoms with Crippen LogP contribution in [0.15, 0.2) is 176 Å². The third kappa shape index (κ3) is 4.48. The highest BCUT2D eigenvalue weighted by Gasteiger charge is 2.31. The zero-order valence-electron chi connectivity index (χ0n) is 26.1. The van der Waals surface area contributed by atoms with Gasteiger partial charge >= 0.3 is 0 Å². The van der Waals surface area contributed by atoms with Crippen LogP contribution in [0.4, 0.5) is 0 Å². The van der Waals surface area contributed by atoms with E-state index in [1.54, 1.807) is 0 Å². The Hall–Kier alpha value is -6.46. The predicted molar refractivity (Wildman–Crippen MR) is 199 cm³/mol. The number of nitrogens with zero attached hydrogens (tertiary/aromatic N) is 3. The number of hydrogen-bond acceptors (Lipinski definition) is 2. The molecule has 0 N–H and O–H groups in total. The Morgan fingerprint density at radius 1 is 0.438 bits per heavy atom. The first kappa shape index (κ1) is 29.0. The number of nitriles is 2. The lowest BCUT2D eigenvalue weighted by Crippen LogP contribution is -2.75. The number of rotatable bonds is 6. The van der Waals surface area contributed by atoms with Crippen molar-refractivity contribution in [1.82, 2.24) is 4.57 Å². The second kappa shape index (κ2) is 12.0. The largest absolute Gasteiger partial charge is 0.307 e. The van der Waals surface area contributed by atoms with Gasteiger partial charge < -0.3 is 4.57 Å². The fraction of sp³-hybridized carbons (Fsp3) is 0. The highest BCUT2D eigenvalue weighted by molar-refractivity contribution is 7.20. The van der Waals surface area contributed by atoms with Gasteiger partial charge in [-0.1, -0.05) is 146 Å². The van der Waals surface area contributed by atoms with E-state index < -0.39 is 8.07 Å². The fourth-order valence-electron chi connectivity index (χ4n) is 7.45. The lowest BCUT2D eigenvalue weighted by atomic mass is 9.98. The number of aromatic nitrogens is 1. The van der Waals surface area contributed by atoms with E-state index in [9.17, 15) is 10.5 Å². The fourth-order valence-corrected chi connectivity index (χ4v) is 12.4. The summed E-state index contributed by atoms with van der Waals surface area (Å²) in [6.07, 6.45) is 0. The van der Waals surface area contributed by atoms with E-state index in [0.29, 0.717) is 11.1 Å². The van der Waals surface area contributed by atoms with Gasteiger partial charge in [0.15, 0.2) is 0 Å². The molecule has 0 atom stereocenters. The van der Waals surface area contributed by atoms with Crippen LogP contribution in [0.25, 0.3) is 38.6 Å². The SMILES string of the molecule is N#Cc1ccc([Si-](c2ccccc2)(c2ccccc2)c2ccccc2)c(-c2cccc(C#N)c2-n2c3ccccc3c3ccccc32)c1. The Bertz CT molecular complexity index is 2370. The molecule has 1 aromatic heterocycles. The molecule has 0 bridgehead atoms. The summed E-state index contributed by atoms with van der Waals surface area (Å²) in [5, 5.41) is 28.1. The normalized spacial score (nSPS) is 11.3. The van der Waals surface area contributed by atoms with Crippen molar-refractivity contribution in [3.05, 3.63) is 187 Å². The topological polar surface area (TPSA) is 52.5 Å². The third-order valence-electron chi connectivity index (χ3n) is 9.42. The molecule has 0 amide bonds. The molecule has 0 radical (unpaired) electrons. The molecule has 0 fully saturated rings. The first-order valence-corrected chi connectivity index (χ1v) is 18.0. The number of hydrogen-bond donors (Lipinski definition) is 0. The van der Waals surface area contributed by atoms with Gasteiger partial charge in [-0.05, 0) is 44.0 Å². The Balaban J connectivity index is 1.56. The van der Waals surface area contributed by atoms with Crippen molar-refractivity contribution >= 4 is 50.6 Å². The maximum atomic E-state index is 10.7. The van der Waals surface area contributed by atoms with Gasteiger partial charge in [-0.15, -0.1) is 0 Å². The molecule has 48 heavy (non-hydrogen) atoms. The maximum Gasteiger partial charge on any atom is 0.101 e. The molecule has 0 unspecified atom stereocenters. The molecule has 0 aliphatic rings. The van der Waals surface area contributed by atoms with E-state index in [1.807, 2.05) is 36.4 Å². The molecule has 225 valence electrons. The van der Waals surface area contributed by atoms with Crippen molar-refractivity contribution in [2.75, 3.05) is 0 Å². The molecule has 0 aliphatic carbocycles. The minimum atomic E-state index is -3.01. The summed E-state index contributed by atoms with van der Waals surface area (Å²) in [6, 6.07) is 66.2.